The minimum Gasteiger partial charge on any atom is -0.465 e. The molecule has 7 nitrogen and oxygen atoms in total. The van der Waals surface area contributed by atoms with Crippen LogP contribution in [0.1, 0.15) is 49.5 Å². The zero-order chi connectivity index (χ0) is 15.4. The number of nitrogen functional groups attached to an aromatic ring is 1. The van der Waals surface area contributed by atoms with E-state index in [4.69, 9.17) is 10.5 Å². The lowest BCUT2D eigenvalue weighted by Crippen LogP contribution is -2.23. The summed E-state index contributed by atoms with van der Waals surface area (Å²) in [4.78, 5) is 12.0. The van der Waals surface area contributed by atoms with Crippen molar-refractivity contribution in [1.82, 2.24) is 15.1 Å². The van der Waals surface area contributed by atoms with Gasteiger partial charge in [0.15, 0.2) is 5.82 Å². The fourth-order valence-corrected chi connectivity index (χ4v) is 2.74. The van der Waals surface area contributed by atoms with Crippen molar-refractivity contribution >= 4 is 17.6 Å². The van der Waals surface area contributed by atoms with Crippen LogP contribution in [0.4, 0.5) is 11.6 Å². The minimum atomic E-state index is -0.446. The largest absolute Gasteiger partial charge is 0.465 e. The van der Waals surface area contributed by atoms with Crippen LogP contribution in [0.2, 0.25) is 0 Å². The van der Waals surface area contributed by atoms with Gasteiger partial charge in [-0.05, 0) is 25.8 Å². The second-order valence-electron chi connectivity index (χ2n) is 5.35. The maximum Gasteiger partial charge on any atom is 0.345 e. The third-order valence-corrected chi connectivity index (χ3v) is 4.03. The second-order valence-corrected chi connectivity index (χ2v) is 5.35. The van der Waals surface area contributed by atoms with Crippen LogP contribution in [0, 0.1) is 0 Å². The SMILES string of the molecule is CCC(CC)n1nc(NC2CCNC2)c(C(=O)OC)c1N. The number of nitrogens with zero attached hydrogens (tertiary/aromatic N) is 2. The first kappa shape index (κ1) is 15.6. The Morgan fingerprint density at radius 3 is 2.81 bits per heavy atom. The first-order valence-corrected chi connectivity index (χ1v) is 7.55. The summed E-state index contributed by atoms with van der Waals surface area (Å²) >= 11 is 0. The molecule has 4 N–H and O–H groups in total. The second kappa shape index (κ2) is 6.80. The van der Waals surface area contributed by atoms with Gasteiger partial charge in [0, 0.05) is 12.6 Å². The fourth-order valence-electron chi connectivity index (χ4n) is 2.74. The van der Waals surface area contributed by atoms with Crippen LogP contribution in [0.5, 0.6) is 0 Å². The van der Waals surface area contributed by atoms with Crippen LogP contribution in [0.15, 0.2) is 0 Å². The molecule has 0 aliphatic carbocycles. The van der Waals surface area contributed by atoms with E-state index in [0.717, 1.165) is 32.4 Å². The first-order valence-electron chi connectivity index (χ1n) is 7.55. The first-order chi connectivity index (χ1) is 10.1. The number of carbonyl (C=O) groups excluding carboxylic acids is 1. The monoisotopic (exact) mass is 295 g/mol. The van der Waals surface area contributed by atoms with Gasteiger partial charge in [-0.25, -0.2) is 9.48 Å². The molecule has 7 heteroatoms. The summed E-state index contributed by atoms with van der Waals surface area (Å²) in [7, 11) is 1.36. The Bertz CT molecular complexity index is 490. The molecule has 2 heterocycles. The van der Waals surface area contributed by atoms with Gasteiger partial charge >= 0.3 is 5.97 Å². The van der Waals surface area contributed by atoms with Gasteiger partial charge in [0.2, 0.25) is 0 Å². The summed E-state index contributed by atoms with van der Waals surface area (Å²) in [6.45, 7) is 5.99. The number of ether oxygens (including phenoxy) is 1. The van der Waals surface area contributed by atoms with E-state index in [0.29, 0.717) is 17.2 Å². The number of nitrogens with one attached hydrogen (secondary N) is 2. The molecule has 0 spiro atoms. The molecule has 1 aromatic heterocycles. The van der Waals surface area contributed by atoms with E-state index >= 15 is 0 Å². The van der Waals surface area contributed by atoms with Crippen molar-refractivity contribution in [1.29, 1.82) is 0 Å². The maximum atomic E-state index is 12.0. The van der Waals surface area contributed by atoms with Gasteiger partial charge in [0.25, 0.3) is 0 Å². The van der Waals surface area contributed by atoms with E-state index in [1.165, 1.54) is 7.11 Å². The third kappa shape index (κ3) is 3.12. The highest BCUT2D eigenvalue weighted by Gasteiger charge is 2.27. The Morgan fingerprint density at radius 1 is 1.57 bits per heavy atom. The van der Waals surface area contributed by atoms with Crippen LogP contribution >= 0.6 is 0 Å². The van der Waals surface area contributed by atoms with E-state index in [1.807, 2.05) is 0 Å². The maximum absolute atomic E-state index is 12.0. The molecule has 1 atom stereocenters. The highest BCUT2D eigenvalue weighted by molar-refractivity contribution is 5.99. The van der Waals surface area contributed by atoms with Crippen LogP contribution in [-0.4, -0.2) is 42.0 Å². The molecule has 1 aliphatic heterocycles. The Morgan fingerprint density at radius 2 is 2.29 bits per heavy atom. The molecular formula is C14H25N5O2. The third-order valence-electron chi connectivity index (χ3n) is 4.03. The molecule has 118 valence electrons. The normalized spacial score (nSPS) is 18.2. The lowest BCUT2D eigenvalue weighted by molar-refractivity contribution is 0.0603. The number of carbonyl (C=O) groups is 1. The minimum absolute atomic E-state index is 0.186. The Labute approximate surface area is 125 Å². The van der Waals surface area contributed by atoms with Crippen molar-refractivity contribution in [2.45, 2.75) is 45.2 Å². The van der Waals surface area contributed by atoms with Gasteiger partial charge in [-0.1, -0.05) is 13.8 Å². The Balaban J connectivity index is 2.36. The van der Waals surface area contributed by atoms with E-state index in [1.54, 1.807) is 4.68 Å². The van der Waals surface area contributed by atoms with E-state index in [2.05, 4.69) is 29.6 Å². The molecule has 0 radical (unpaired) electrons. The number of methoxy groups -OCH3 is 1. The van der Waals surface area contributed by atoms with E-state index in [9.17, 15) is 4.79 Å². The highest BCUT2D eigenvalue weighted by atomic mass is 16.5. The molecular weight excluding hydrogens is 270 g/mol. The number of hydrogen-bond acceptors (Lipinski definition) is 6. The Kier molecular flexibility index (Phi) is 5.06. The average molecular weight is 295 g/mol. The molecule has 0 aromatic carbocycles. The van der Waals surface area contributed by atoms with Gasteiger partial charge in [0.05, 0.1) is 13.2 Å². The van der Waals surface area contributed by atoms with Crippen LogP contribution in [0.25, 0.3) is 0 Å². The summed E-state index contributed by atoms with van der Waals surface area (Å²) < 4.78 is 6.60. The lowest BCUT2D eigenvalue weighted by atomic mass is 10.2. The number of nitrogens with two attached hydrogens (primary N) is 1. The zero-order valence-electron chi connectivity index (χ0n) is 13.0. The zero-order valence-corrected chi connectivity index (χ0v) is 13.0. The molecule has 0 saturated carbocycles. The molecule has 2 rings (SSSR count). The smallest absolute Gasteiger partial charge is 0.345 e. The summed E-state index contributed by atoms with van der Waals surface area (Å²) in [6, 6.07) is 0.448. The molecule has 1 aromatic rings. The standard InChI is InChI=1S/C14H25N5O2/c1-4-10(5-2)19-12(15)11(14(20)21-3)13(18-19)17-9-6-7-16-8-9/h9-10,16H,4-8,15H2,1-3H3,(H,17,18). The number of aromatic nitrogens is 2. The summed E-state index contributed by atoms with van der Waals surface area (Å²) in [5, 5.41) is 11.1. The molecule has 21 heavy (non-hydrogen) atoms. The van der Waals surface area contributed by atoms with Gasteiger partial charge in [-0.2, -0.15) is 5.10 Å². The fraction of sp³-hybridized carbons (Fsp3) is 0.714. The quantitative estimate of drug-likeness (QED) is 0.687. The molecule has 1 saturated heterocycles. The van der Waals surface area contributed by atoms with Crippen molar-refractivity contribution in [3.8, 4) is 0 Å². The molecule has 1 aliphatic rings. The van der Waals surface area contributed by atoms with E-state index in [-0.39, 0.29) is 12.1 Å². The van der Waals surface area contributed by atoms with Gasteiger partial charge < -0.3 is 21.1 Å². The molecule has 0 bridgehead atoms. The van der Waals surface area contributed by atoms with Crippen molar-refractivity contribution < 1.29 is 9.53 Å². The predicted octanol–water partition coefficient (Wildman–Crippen LogP) is 1.39. The number of anilines is 2. The lowest BCUT2D eigenvalue weighted by Gasteiger charge is -2.14. The van der Waals surface area contributed by atoms with Gasteiger partial charge in [0.1, 0.15) is 11.4 Å². The number of rotatable bonds is 6. The molecule has 1 unspecified atom stereocenters. The number of hydrogen-bond donors (Lipinski definition) is 3. The van der Waals surface area contributed by atoms with E-state index < -0.39 is 5.97 Å². The van der Waals surface area contributed by atoms with Crippen LogP contribution in [-0.2, 0) is 4.74 Å². The van der Waals surface area contributed by atoms with Crippen molar-refractivity contribution in [2.75, 3.05) is 31.2 Å². The van der Waals surface area contributed by atoms with Crippen LogP contribution < -0.4 is 16.4 Å². The predicted molar refractivity (Wildman–Crippen MR) is 82.5 cm³/mol. The molecule has 1 fully saturated rings. The summed E-state index contributed by atoms with van der Waals surface area (Å²) in [6.07, 6.45) is 2.82. The topological polar surface area (TPSA) is 94.2 Å². The van der Waals surface area contributed by atoms with Crippen LogP contribution in [0.3, 0.4) is 0 Å². The molecule has 0 amide bonds. The Hall–Kier alpha value is -1.76. The number of esters is 1. The van der Waals surface area contributed by atoms with Crippen molar-refractivity contribution in [3.63, 3.8) is 0 Å². The summed E-state index contributed by atoms with van der Waals surface area (Å²) in [5.41, 5.74) is 6.49. The van der Waals surface area contributed by atoms with Gasteiger partial charge in [-0.15, -0.1) is 0 Å². The van der Waals surface area contributed by atoms with Crippen molar-refractivity contribution in [3.05, 3.63) is 5.56 Å². The van der Waals surface area contributed by atoms with Gasteiger partial charge in [-0.3, -0.25) is 0 Å². The summed E-state index contributed by atoms with van der Waals surface area (Å²) in [5.74, 6) is 0.460. The van der Waals surface area contributed by atoms with Crippen molar-refractivity contribution in [2.24, 2.45) is 0 Å². The highest BCUT2D eigenvalue weighted by Crippen LogP contribution is 2.29. The average Bonchev–Trinajstić information content (AvgIpc) is 3.09.